The van der Waals surface area contributed by atoms with Crippen molar-refractivity contribution in [1.29, 1.82) is 0 Å². The van der Waals surface area contributed by atoms with Crippen LogP contribution in [0.3, 0.4) is 0 Å². The van der Waals surface area contributed by atoms with Gasteiger partial charge in [-0.2, -0.15) is 5.10 Å². The molecule has 1 aromatic carbocycles. The molecule has 7 heteroatoms. The van der Waals surface area contributed by atoms with E-state index in [1.807, 2.05) is 18.8 Å². The fourth-order valence-corrected chi connectivity index (χ4v) is 3.35. The third-order valence-corrected chi connectivity index (χ3v) is 5.43. The first-order valence-corrected chi connectivity index (χ1v) is 10.1. The molecule has 0 aliphatic rings. The van der Waals surface area contributed by atoms with E-state index in [9.17, 15) is 0 Å². The van der Waals surface area contributed by atoms with Crippen LogP contribution in [0.2, 0.25) is 0 Å². The third kappa shape index (κ3) is 7.97. The molecule has 29 heavy (non-hydrogen) atoms. The van der Waals surface area contributed by atoms with Crippen LogP contribution < -0.4 is 10.6 Å². The van der Waals surface area contributed by atoms with Gasteiger partial charge in [-0.05, 0) is 51.8 Å². The molecule has 2 rings (SSSR count). The Labute approximate surface area is 193 Å². The maximum absolute atomic E-state index is 4.48. The van der Waals surface area contributed by atoms with Crippen molar-refractivity contribution >= 4 is 29.9 Å². The molecule has 0 aliphatic heterocycles. The summed E-state index contributed by atoms with van der Waals surface area (Å²) in [7, 11) is 6.00. The van der Waals surface area contributed by atoms with E-state index >= 15 is 0 Å². The van der Waals surface area contributed by atoms with Gasteiger partial charge in [-0.15, -0.1) is 24.0 Å². The van der Waals surface area contributed by atoms with E-state index in [4.69, 9.17) is 0 Å². The quantitative estimate of drug-likeness (QED) is 0.308. The lowest BCUT2D eigenvalue weighted by molar-refractivity contribution is 0.238. The average Bonchev–Trinajstić information content (AvgIpc) is 2.93. The lowest BCUT2D eigenvalue weighted by Gasteiger charge is -2.25. The van der Waals surface area contributed by atoms with Crippen molar-refractivity contribution < 1.29 is 0 Å². The van der Waals surface area contributed by atoms with Crippen LogP contribution in [0.5, 0.6) is 0 Å². The van der Waals surface area contributed by atoms with Crippen molar-refractivity contribution in [3.05, 3.63) is 52.8 Å². The summed E-state index contributed by atoms with van der Waals surface area (Å²) in [6.45, 7) is 9.17. The molecule has 1 heterocycles. The number of nitrogens with one attached hydrogen (secondary N) is 2. The Bertz CT molecular complexity index is 756. The third-order valence-electron chi connectivity index (χ3n) is 5.43. The number of hydrogen-bond donors (Lipinski definition) is 2. The Balaban J connectivity index is 0.00000420. The van der Waals surface area contributed by atoms with Gasteiger partial charge >= 0.3 is 0 Å². The molecule has 0 saturated carbocycles. The second kappa shape index (κ2) is 12.8. The standard InChI is InChI=1S/C22H36N6.HI/c1-17(27(5)16-20-10-8-7-9-11-20)12-14-24-22(23-4)25-15-13-21-18(2)26-28(6)19(21)3;/h7-11,17H,12-16H2,1-6H3,(H2,23,24,25);1H. The maximum atomic E-state index is 4.48. The Kier molecular flexibility index (Phi) is 11.3. The van der Waals surface area contributed by atoms with Crippen LogP contribution in [-0.2, 0) is 20.0 Å². The molecule has 1 aromatic heterocycles. The monoisotopic (exact) mass is 512 g/mol. The van der Waals surface area contributed by atoms with Gasteiger partial charge in [0.15, 0.2) is 5.96 Å². The molecule has 0 aliphatic carbocycles. The van der Waals surface area contributed by atoms with Gasteiger partial charge in [0.1, 0.15) is 0 Å². The summed E-state index contributed by atoms with van der Waals surface area (Å²) in [5, 5.41) is 11.3. The zero-order valence-electron chi connectivity index (χ0n) is 18.7. The number of aromatic nitrogens is 2. The van der Waals surface area contributed by atoms with Crippen molar-refractivity contribution in [2.45, 2.75) is 46.2 Å². The Morgan fingerprint density at radius 2 is 1.83 bits per heavy atom. The number of aliphatic imine (C=N–C) groups is 1. The van der Waals surface area contributed by atoms with Crippen LogP contribution in [-0.4, -0.2) is 53.9 Å². The van der Waals surface area contributed by atoms with Gasteiger partial charge in [-0.1, -0.05) is 30.3 Å². The van der Waals surface area contributed by atoms with Crippen LogP contribution >= 0.6 is 24.0 Å². The zero-order chi connectivity index (χ0) is 20.5. The highest BCUT2D eigenvalue weighted by atomic mass is 127. The molecular formula is C22H37IN6. The van der Waals surface area contributed by atoms with Gasteiger partial charge in [0.2, 0.25) is 0 Å². The predicted octanol–water partition coefficient (Wildman–Crippen LogP) is 3.27. The van der Waals surface area contributed by atoms with Crippen LogP contribution in [0.25, 0.3) is 0 Å². The molecule has 0 spiro atoms. The molecule has 0 fully saturated rings. The van der Waals surface area contributed by atoms with E-state index in [1.165, 1.54) is 16.8 Å². The first-order valence-electron chi connectivity index (χ1n) is 10.1. The van der Waals surface area contributed by atoms with Crippen LogP contribution in [0.1, 0.15) is 35.9 Å². The number of rotatable bonds is 9. The summed E-state index contributed by atoms with van der Waals surface area (Å²) in [4.78, 5) is 6.73. The topological polar surface area (TPSA) is 57.5 Å². The molecule has 1 unspecified atom stereocenters. The van der Waals surface area contributed by atoms with E-state index in [-0.39, 0.29) is 24.0 Å². The molecular weight excluding hydrogens is 475 g/mol. The zero-order valence-corrected chi connectivity index (χ0v) is 21.0. The summed E-state index contributed by atoms with van der Waals surface area (Å²) >= 11 is 0. The van der Waals surface area contributed by atoms with E-state index in [1.54, 1.807) is 0 Å². The minimum absolute atomic E-state index is 0. The summed E-state index contributed by atoms with van der Waals surface area (Å²) in [5.74, 6) is 0.858. The fraction of sp³-hybridized carbons (Fsp3) is 0.545. The van der Waals surface area contributed by atoms with E-state index in [0.29, 0.717) is 6.04 Å². The van der Waals surface area contributed by atoms with Crippen LogP contribution in [0, 0.1) is 13.8 Å². The van der Waals surface area contributed by atoms with E-state index in [2.05, 4.69) is 83.8 Å². The number of aryl methyl sites for hydroxylation is 2. The highest BCUT2D eigenvalue weighted by Gasteiger charge is 2.11. The first-order chi connectivity index (χ1) is 13.4. The molecule has 0 amide bonds. The Hall–Kier alpha value is -1.61. The molecule has 2 N–H and O–H groups in total. The smallest absolute Gasteiger partial charge is 0.190 e. The second-order valence-corrected chi connectivity index (χ2v) is 7.49. The lowest BCUT2D eigenvalue weighted by Crippen LogP contribution is -2.40. The molecule has 2 aromatic rings. The van der Waals surface area contributed by atoms with Gasteiger partial charge in [0.25, 0.3) is 0 Å². The summed E-state index contributed by atoms with van der Waals surface area (Å²) in [6.07, 6.45) is 2.01. The van der Waals surface area contributed by atoms with Gasteiger partial charge in [0.05, 0.1) is 5.69 Å². The van der Waals surface area contributed by atoms with Gasteiger partial charge < -0.3 is 10.6 Å². The summed E-state index contributed by atoms with van der Waals surface area (Å²) in [5.41, 5.74) is 5.02. The van der Waals surface area contributed by atoms with Crippen molar-refractivity contribution in [3.63, 3.8) is 0 Å². The van der Waals surface area contributed by atoms with E-state index < -0.39 is 0 Å². The van der Waals surface area contributed by atoms with E-state index in [0.717, 1.165) is 44.1 Å². The predicted molar refractivity (Wildman–Crippen MR) is 133 cm³/mol. The molecule has 162 valence electrons. The lowest BCUT2D eigenvalue weighted by atomic mass is 10.1. The molecule has 0 bridgehead atoms. The fourth-order valence-electron chi connectivity index (χ4n) is 3.35. The first kappa shape index (κ1) is 25.4. The van der Waals surface area contributed by atoms with Gasteiger partial charge in [0, 0.05) is 45.5 Å². The Morgan fingerprint density at radius 1 is 1.17 bits per heavy atom. The minimum atomic E-state index is 0. The minimum Gasteiger partial charge on any atom is -0.356 e. The van der Waals surface area contributed by atoms with Crippen molar-refractivity contribution in [3.8, 4) is 0 Å². The maximum Gasteiger partial charge on any atom is 0.190 e. The number of halogens is 1. The second-order valence-electron chi connectivity index (χ2n) is 7.49. The molecule has 1 atom stereocenters. The molecule has 0 saturated heterocycles. The number of guanidine groups is 1. The normalized spacial score (nSPS) is 12.6. The highest BCUT2D eigenvalue weighted by Crippen LogP contribution is 2.12. The SMILES string of the molecule is CN=C(NCCc1c(C)nn(C)c1C)NCCC(C)N(C)Cc1ccccc1.I. The molecule has 0 radical (unpaired) electrons. The van der Waals surface area contributed by atoms with Crippen molar-refractivity contribution in [1.82, 2.24) is 25.3 Å². The van der Waals surface area contributed by atoms with Crippen molar-refractivity contribution in [2.24, 2.45) is 12.0 Å². The van der Waals surface area contributed by atoms with Crippen molar-refractivity contribution in [2.75, 3.05) is 27.2 Å². The summed E-state index contributed by atoms with van der Waals surface area (Å²) < 4.78 is 1.95. The van der Waals surface area contributed by atoms with Gasteiger partial charge in [-0.3, -0.25) is 14.6 Å². The van der Waals surface area contributed by atoms with Crippen LogP contribution in [0.15, 0.2) is 35.3 Å². The highest BCUT2D eigenvalue weighted by molar-refractivity contribution is 14.0. The largest absolute Gasteiger partial charge is 0.356 e. The number of benzene rings is 1. The average molecular weight is 512 g/mol. The number of nitrogens with zero attached hydrogens (tertiary/aromatic N) is 4. The Morgan fingerprint density at radius 3 is 2.41 bits per heavy atom. The molecule has 6 nitrogen and oxygen atoms in total. The van der Waals surface area contributed by atoms with Crippen LogP contribution in [0.4, 0.5) is 0 Å². The summed E-state index contributed by atoms with van der Waals surface area (Å²) in [6, 6.07) is 11.1. The van der Waals surface area contributed by atoms with Gasteiger partial charge in [-0.25, -0.2) is 0 Å². The number of hydrogen-bond acceptors (Lipinski definition) is 3.